The molecule has 0 spiro atoms. The second-order valence-electron chi connectivity index (χ2n) is 7.49. The maximum Gasteiger partial charge on any atom is 0.407 e. The molecule has 162 valence electrons. The van der Waals surface area contributed by atoms with Gasteiger partial charge in [0.2, 0.25) is 0 Å². The molecule has 0 aliphatic heterocycles. The van der Waals surface area contributed by atoms with Gasteiger partial charge < -0.3 is 20.1 Å². The fraction of sp³-hybridized carbons (Fsp3) is 0.500. The lowest BCUT2D eigenvalue weighted by atomic mass is 9.91. The van der Waals surface area contributed by atoms with Crippen molar-refractivity contribution in [3.05, 3.63) is 53.9 Å². The van der Waals surface area contributed by atoms with Gasteiger partial charge in [0.1, 0.15) is 13.2 Å². The smallest absolute Gasteiger partial charge is 0.407 e. The second-order valence-corrected chi connectivity index (χ2v) is 7.49. The van der Waals surface area contributed by atoms with Crippen LogP contribution in [0.4, 0.5) is 4.79 Å². The van der Waals surface area contributed by atoms with Crippen LogP contribution in [0.25, 0.3) is 0 Å². The minimum absolute atomic E-state index is 0.130. The van der Waals surface area contributed by atoms with Gasteiger partial charge in [0, 0.05) is 30.4 Å². The summed E-state index contributed by atoms with van der Waals surface area (Å²) in [5.41, 5.74) is 2.01. The summed E-state index contributed by atoms with van der Waals surface area (Å²) in [7, 11) is 0. The number of carbonyl (C=O) groups excluding carboxylic acids is 2. The molecule has 1 saturated carbocycles. The molecule has 2 N–H and O–H groups in total. The zero-order chi connectivity index (χ0) is 21.2. The molecule has 8 heteroatoms. The largest absolute Gasteiger partial charge is 0.465 e. The van der Waals surface area contributed by atoms with E-state index in [-0.39, 0.29) is 31.3 Å². The van der Waals surface area contributed by atoms with E-state index >= 15 is 0 Å². The van der Waals surface area contributed by atoms with Gasteiger partial charge in [-0.3, -0.25) is 9.48 Å². The average molecular weight is 415 g/mol. The summed E-state index contributed by atoms with van der Waals surface area (Å²) in [5, 5.41) is 10.7. The predicted octanol–water partition coefficient (Wildman–Crippen LogP) is 2.77. The molecule has 1 aliphatic rings. The van der Waals surface area contributed by atoms with Crippen LogP contribution in [0.15, 0.2) is 42.7 Å². The Balaban J connectivity index is 1.31. The van der Waals surface area contributed by atoms with Crippen molar-refractivity contribution in [3.8, 4) is 0 Å². The number of alkyl carbamates (subject to hydrolysis) is 1. The highest BCUT2D eigenvalue weighted by atomic mass is 16.5. The summed E-state index contributed by atoms with van der Waals surface area (Å²) in [6.45, 7) is 3.27. The number of hydrogen-bond donors (Lipinski definition) is 2. The zero-order valence-electron chi connectivity index (χ0n) is 17.4. The van der Waals surface area contributed by atoms with Crippen molar-refractivity contribution in [3.63, 3.8) is 0 Å². The number of nitrogens with zero attached hydrogens (tertiary/aromatic N) is 2. The number of carbonyl (C=O) groups is 2. The Labute approximate surface area is 176 Å². The van der Waals surface area contributed by atoms with Gasteiger partial charge >= 0.3 is 12.1 Å². The lowest BCUT2D eigenvalue weighted by molar-refractivity contribution is -0.144. The third-order valence-corrected chi connectivity index (χ3v) is 5.14. The highest BCUT2D eigenvalue weighted by Crippen LogP contribution is 2.19. The van der Waals surface area contributed by atoms with Crippen molar-refractivity contribution in [2.24, 2.45) is 0 Å². The third kappa shape index (κ3) is 7.18. The van der Waals surface area contributed by atoms with Gasteiger partial charge in [-0.2, -0.15) is 5.10 Å². The summed E-state index contributed by atoms with van der Waals surface area (Å²) < 4.78 is 11.8. The molecule has 1 heterocycles. The minimum atomic E-state index is -0.357. The van der Waals surface area contributed by atoms with E-state index in [1.165, 1.54) is 0 Å². The minimum Gasteiger partial charge on any atom is -0.465 e. The standard InChI is InChI=1S/C22H30N4O4/c1-2-29-21(27)15-26-14-18(13-24-26)12-23-19-8-10-20(11-9-19)25-22(28)30-16-17-6-4-3-5-7-17/h3-7,13-14,19-20,23H,2,8-12,15-16H2,1H3,(H,25,28). The molecule has 1 fully saturated rings. The Morgan fingerprint density at radius 2 is 1.80 bits per heavy atom. The van der Waals surface area contributed by atoms with Crippen molar-refractivity contribution >= 4 is 12.1 Å². The summed E-state index contributed by atoms with van der Waals surface area (Å²) in [6, 6.07) is 10.2. The van der Waals surface area contributed by atoms with E-state index < -0.39 is 0 Å². The Morgan fingerprint density at radius 1 is 1.07 bits per heavy atom. The maximum absolute atomic E-state index is 12.0. The number of rotatable bonds is 9. The van der Waals surface area contributed by atoms with Crippen LogP contribution in [0, 0.1) is 0 Å². The molecule has 0 saturated heterocycles. The van der Waals surface area contributed by atoms with Crippen LogP contribution < -0.4 is 10.6 Å². The van der Waals surface area contributed by atoms with E-state index in [0.29, 0.717) is 19.2 Å². The first-order chi connectivity index (χ1) is 14.6. The Bertz CT molecular complexity index is 800. The van der Waals surface area contributed by atoms with Gasteiger partial charge in [0.25, 0.3) is 0 Å². The van der Waals surface area contributed by atoms with Gasteiger partial charge in [0.15, 0.2) is 0 Å². The molecule has 0 unspecified atom stereocenters. The molecule has 0 atom stereocenters. The van der Waals surface area contributed by atoms with Gasteiger partial charge in [-0.05, 0) is 38.2 Å². The van der Waals surface area contributed by atoms with Crippen LogP contribution in [0.3, 0.4) is 0 Å². The number of esters is 1. The quantitative estimate of drug-likeness (QED) is 0.613. The predicted molar refractivity (Wildman–Crippen MR) is 112 cm³/mol. The fourth-order valence-corrected chi connectivity index (χ4v) is 3.56. The molecular formula is C22H30N4O4. The number of benzene rings is 1. The fourth-order valence-electron chi connectivity index (χ4n) is 3.56. The van der Waals surface area contributed by atoms with Crippen molar-refractivity contribution in [1.29, 1.82) is 0 Å². The molecular weight excluding hydrogens is 384 g/mol. The second kappa shape index (κ2) is 11.3. The third-order valence-electron chi connectivity index (χ3n) is 5.14. The lowest BCUT2D eigenvalue weighted by Gasteiger charge is -2.29. The van der Waals surface area contributed by atoms with Crippen LogP contribution in [0.1, 0.15) is 43.7 Å². The summed E-state index contributed by atoms with van der Waals surface area (Å²) in [5.74, 6) is -0.284. The molecule has 2 aromatic rings. The molecule has 3 rings (SSSR count). The molecule has 0 bridgehead atoms. The van der Waals surface area contributed by atoms with Crippen molar-refractivity contribution in [1.82, 2.24) is 20.4 Å². The van der Waals surface area contributed by atoms with E-state index in [2.05, 4.69) is 15.7 Å². The summed E-state index contributed by atoms with van der Waals surface area (Å²) in [6.07, 6.45) is 7.08. The summed E-state index contributed by atoms with van der Waals surface area (Å²) in [4.78, 5) is 23.5. The first-order valence-electron chi connectivity index (χ1n) is 10.5. The van der Waals surface area contributed by atoms with Crippen molar-refractivity contribution in [2.75, 3.05) is 6.61 Å². The Kier molecular flexibility index (Phi) is 8.26. The van der Waals surface area contributed by atoms with Crippen LogP contribution in [0.2, 0.25) is 0 Å². The zero-order valence-corrected chi connectivity index (χ0v) is 17.4. The Hall–Kier alpha value is -2.87. The van der Waals surface area contributed by atoms with Gasteiger partial charge in [0.05, 0.1) is 12.8 Å². The molecule has 1 aliphatic carbocycles. The number of aromatic nitrogens is 2. The molecule has 1 amide bonds. The summed E-state index contributed by atoms with van der Waals surface area (Å²) >= 11 is 0. The van der Waals surface area contributed by atoms with E-state index in [1.54, 1.807) is 17.8 Å². The van der Waals surface area contributed by atoms with Crippen molar-refractivity contribution < 1.29 is 19.1 Å². The topological polar surface area (TPSA) is 94.5 Å². The monoisotopic (exact) mass is 414 g/mol. The Morgan fingerprint density at radius 3 is 2.53 bits per heavy atom. The number of amides is 1. The van der Waals surface area contributed by atoms with Crippen LogP contribution in [-0.4, -0.2) is 40.5 Å². The molecule has 1 aromatic heterocycles. The van der Waals surface area contributed by atoms with Crippen LogP contribution in [0.5, 0.6) is 0 Å². The normalized spacial score (nSPS) is 18.6. The van der Waals surface area contributed by atoms with Gasteiger partial charge in [-0.25, -0.2) is 4.79 Å². The first-order valence-corrected chi connectivity index (χ1v) is 10.5. The first kappa shape index (κ1) is 21.8. The van der Waals surface area contributed by atoms with Crippen LogP contribution in [-0.2, 0) is 34.0 Å². The molecule has 30 heavy (non-hydrogen) atoms. The van der Waals surface area contributed by atoms with Crippen LogP contribution >= 0.6 is 0 Å². The number of hydrogen-bond acceptors (Lipinski definition) is 6. The van der Waals surface area contributed by atoms with E-state index in [1.807, 2.05) is 36.5 Å². The SMILES string of the molecule is CCOC(=O)Cn1cc(CNC2CCC(NC(=O)OCc3ccccc3)CC2)cn1. The van der Waals surface area contributed by atoms with Gasteiger partial charge in [-0.1, -0.05) is 30.3 Å². The number of nitrogens with one attached hydrogen (secondary N) is 2. The van der Waals surface area contributed by atoms with E-state index in [4.69, 9.17) is 9.47 Å². The highest BCUT2D eigenvalue weighted by Gasteiger charge is 2.22. The van der Waals surface area contributed by atoms with Crippen molar-refractivity contribution in [2.45, 2.75) is 64.4 Å². The van der Waals surface area contributed by atoms with E-state index in [0.717, 1.165) is 36.8 Å². The molecule has 1 aromatic carbocycles. The van der Waals surface area contributed by atoms with E-state index in [9.17, 15) is 9.59 Å². The average Bonchev–Trinajstić information content (AvgIpc) is 3.20. The number of ether oxygens (including phenoxy) is 2. The molecule has 8 nitrogen and oxygen atoms in total. The molecule has 0 radical (unpaired) electrons. The van der Waals surface area contributed by atoms with Gasteiger partial charge in [-0.15, -0.1) is 0 Å². The maximum atomic E-state index is 12.0. The lowest BCUT2D eigenvalue weighted by Crippen LogP contribution is -2.42. The highest BCUT2D eigenvalue weighted by molar-refractivity contribution is 5.69.